The van der Waals surface area contributed by atoms with E-state index in [4.69, 9.17) is 0 Å². The minimum absolute atomic E-state index is 0.535. The fourth-order valence-electron chi connectivity index (χ4n) is 5.89. The van der Waals surface area contributed by atoms with Gasteiger partial charge in [0.2, 0.25) is 0 Å². The third kappa shape index (κ3) is 2.06. The molecule has 1 N–H and O–H groups in total. The van der Waals surface area contributed by atoms with Gasteiger partial charge in [0.1, 0.15) is 5.41 Å². The molecule has 0 amide bonds. The molecule has 2 aromatic rings. The molecule has 2 saturated carbocycles. The van der Waals surface area contributed by atoms with Crippen LogP contribution in [0, 0.1) is 22.7 Å². The molecule has 5 rings (SSSR count). The summed E-state index contributed by atoms with van der Waals surface area (Å²) in [6.45, 7) is 0. The van der Waals surface area contributed by atoms with Gasteiger partial charge in [0.05, 0.1) is 6.07 Å². The van der Waals surface area contributed by atoms with Crippen LogP contribution in [0.15, 0.2) is 60.7 Å². The van der Waals surface area contributed by atoms with Gasteiger partial charge in [-0.1, -0.05) is 60.7 Å². The van der Waals surface area contributed by atoms with Gasteiger partial charge in [-0.15, -0.1) is 0 Å². The van der Waals surface area contributed by atoms with E-state index in [0.29, 0.717) is 17.4 Å². The van der Waals surface area contributed by atoms with Crippen LogP contribution >= 0.6 is 0 Å². The van der Waals surface area contributed by atoms with Gasteiger partial charge in [-0.3, -0.25) is 0 Å². The molecular weight excluding hydrogens is 304 g/mol. The molecule has 2 unspecified atom stereocenters. The van der Waals surface area contributed by atoms with Crippen molar-refractivity contribution in [2.45, 2.75) is 49.6 Å². The molecular formula is C23H24N2. The molecule has 2 nitrogen and oxygen atoms in total. The molecule has 2 heteroatoms. The van der Waals surface area contributed by atoms with Crippen LogP contribution in [0.1, 0.15) is 43.2 Å². The minimum Gasteiger partial charge on any atom is -0.310 e. The maximum atomic E-state index is 10.4. The normalized spacial score (nSPS) is 32.7. The van der Waals surface area contributed by atoms with Gasteiger partial charge in [0.25, 0.3) is 0 Å². The molecule has 1 saturated heterocycles. The van der Waals surface area contributed by atoms with Crippen molar-refractivity contribution in [2.24, 2.45) is 11.3 Å². The number of hydrogen-bond donors (Lipinski definition) is 1. The second-order valence-corrected chi connectivity index (χ2v) is 8.30. The molecule has 1 heterocycles. The highest BCUT2D eigenvalue weighted by Gasteiger charge is 2.64. The lowest BCUT2D eigenvalue weighted by Gasteiger charge is -2.62. The van der Waals surface area contributed by atoms with E-state index < -0.39 is 5.41 Å². The van der Waals surface area contributed by atoms with Crippen molar-refractivity contribution in [3.05, 3.63) is 71.8 Å². The summed E-state index contributed by atoms with van der Waals surface area (Å²) in [6, 6.07) is 25.0. The van der Waals surface area contributed by atoms with Gasteiger partial charge in [0.15, 0.2) is 0 Å². The highest BCUT2D eigenvalue weighted by Crippen LogP contribution is 2.63. The zero-order chi connectivity index (χ0) is 16.9. The number of hydrogen-bond acceptors (Lipinski definition) is 2. The third-order valence-electron chi connectivity index (χ3n) is 7.25. The van der Waals surface area contributed by atoms with Crippen molar-refractivity contribution in [3.63, 3.8) is 0 Å². The van der Waals surface area contributed by atoms with Crippen molar-refractivity contribution < 1.29 is 0 Å². The number of nitrogens with one attached hydrogen (secondary N) is 1. The van der Waals surface area contributed by atoms with Crippen LogP contribution in [-0.2, 0) is 5.41 Å². The number of benzene rings is 2. The van der Waals surface area contributed by atoms with E-state index in [1.165, 1.54) is 25.7 Å². The highest BCUT2D eigenvalue weighted by molar-refractivity contribution is 5.46. The SMILES string of the molecule is N#CC(CC1C[C@@H]2N[C@H]3CCC32C1)(c1ccccc1)c1ccccc1. The van der Waals surface area contributed by atoms with Crippen LogP contribution in [0.2, 0.25) is 0 Å². The molecule has 3 fully saturated rings. The largest absolute Gasteiger partial charge is 0.310 e. The average Bonchev–Trinajstić information content (AvgIpc) is 3.02. The van der Waals surface area contributed by atoms with Crippen LogP contribution in [-0.4, -0.2) is 12.1 Å². The monoisotopic (exact) mass is 328 g/mol. The Balaban J connectivity index is 1.51. The molecule has 126 valence electrons. The van der Waals surface area contributed by atoms with Gasteiger partial charge in [-0.2, -0.15) is 5.26 Å². The van der Waals surface area contributed by atoms with Gasteiger partial charge in [-0.05, 0) is 49.1 Å². The number of nitriles is 1. The highest BCUT2D eigenvalue weighted by atomic mass is 15.1. The topological polar surface area (TPSA) is 35.8 Å². The minimum atomic E-state index is -0.535. The Kier molecular flexibility index (Phi) is 3.30. The molecule has 0 bridgehead atoms. The lowest BCUT2D eigenvalue weighted by Crippen LogP contribution is -2.73. The maximum Gasteiger partial charge on any atom is 0.107 e. The number of rotatable bonds is 4. The molecule has 1 spiro atoms. The van der Waals surface area contributed by atoms with E-state index in [0.717, 1.165) is 23.6 Å². The van der Waals surface area contributed by atoms with Crippen LogP contribution in [0.5, 0.6) is 0 Å². The van der Waals surface area contributed by atoms with E-state index >= 15 is 0 Å². The Hall–Kier alpha value is -2.11. The van der Waals surface area contributed by atoms with Gasteiger partial charge in [0, 0.05) is 17.5 Å². The van der Waals surface area contributed by atoms with E-state index in [1.807, 2.05) is 12.1 Å². The van der Waals surface area contributed by atoms with Crippen LogP contribution in [0.4, 0.5) is 0 Å². The Bertz CT molecular complexity index is 767. The van der Waals surface area contributed by atoms with E-state index in [2.05, 4.69) is 59.9 Å². The van der Waals surface area contributed by atoms with Crippen molar-refractivity contribution in [2.75, 3.05) is 0 Å². The Morgan fingerprint density at radius 1 is 1.00 bits per heavy atom. The van der Waals surface area contributed by atoms with E-state index in [-0.39, 0.29) is 0 Å². The number of nitrogens with zero attached hydrogens (tertiary/aromatic N) is 1. The van der Waals surface area contributed by atoms with Crippen molar-refractivity contribution >= 4 is 0 Å². The van der Waals surface area contributed by atoms with Gasteiger partial charge in [-0.25, -0.2) is 0 Å². The standard InChI is InChI=1S/C23H24N2/c24-16-23(18-7-3-1-4-8-18,19-9-5-2-6-10-19)15-17-13-21-22(14-17)12-11-20(22)25-21/h1-10,17,20-21,25H,11-15H2/t17?,20-,21-,22?/m0/s1. The first kappa shape index (κ1) is 15.2. The van der Waals surface area contributed by atoms with Crippen LogP contribution < -0.4 is 5.32 Å². The molecule has 0 radical (unpaired) electrons. The summed E-state index contributed by atoms with van der Waals surface area (Å²) in [6.07, 6.45) is 6.22. The summed E-state index contributed by atoms with van der Waals surface area (Å²) < 4.78 is 0. The zero-order valence-corrected chi connectivity index (χ0v) is 14.5. The summed E-state index contributed by atoms with van der Waals surface area (Å²) >= 11 is 0. The van der Waals surface area contributed by atoms with E-state index in [9.17, 15) is 5.26 Å². The van der Waals surface area contributed by atoms with E-state index in [1.54, 1.807) is 0 Å². The molecule has 4 atom stereocenters. The first-order chi connectivity index (χ1) is 12.3. The zero-order valence-electron chi connectivity index (χ0n) is 14.5. The lowest BCUT2D eigenvalue weighted by atomic mass is 9.55. The molecule has 25 heavy (non-hydrogen) atoms. The summed E-state index contributed by atoms with van der Waals surface area (Å²) in [5, 5.41) is 14.1. The predicted octanol–water partition coefficient (Wildman–Crippen LogP) is 4.42. The first-order valence-electron chi connectivity index (χ1n) is 9.55. The van der Waals surface area contributed by atoms with Crippen LogP contribution in [0.25, 0.3) is 0 Å². The molecule has 2 aromatic carbocycles. The summed E-state index contributed by atoms with van der Waals surface area (Å²) in [5.41, 5.74) is 2.32. The van der Waals surface area contributed by atoms with Crippen molar-refractivity contribution in [1.82, 2.24) is 5.32 Å². The smallest absolute Gasteiger partial charge is 0.107 e. The fraction of sp³-hybridized carbons (Fsp3) is 0.435. The molecule has 2 aliphatic carbocycles. The van der Waals surface area contributed by atoms with Gasteiger partial charge >= 0.3 is 0 Å². The predicted molar refractivity (Wildman–Crippen MR) is 99.0 cm³/mol. The maximum absolute atomic E-state index is 10.4. The first-order valence-corrected chi connectivity index (χ1v) is 9.55. The van der Waals surface area contributed by atoms with Gasteiger partial charge < -0.3 is 5.32 Å². The van der Waals surface area contributed by atoms with Crippen LogP contribution in [0.3, 0.4) is 0 Å². The Morgan fingerprint density at radius 3 is 2.08 bits per heavy atom. The lowest BCUT2D eigenvalue weighted by molar-refractivity contribution is -0.0576. The van der Waals surface area contributed by atoms with Crippen molar-refractivity contribution in [1.29, 1.82) is 5.26 Å². The molecule has 0 aromatic heterocycles. The second kappa shape index (κ2) is 5.44. The Labute approximate surface area is 149 Å². The summed E-state index contributed by atoms with van der Waals surface area (Å²) in [7, 11) is 0. The quantitative estimate of drug-likeness (QED) is 0.902. The second-order valence-electron chi connectivity index (χ2n) is 8.30. The average molecular weight is 328 g/mol. The molecule has 1 aliphatic heterocycles. The van der Waals surface area contributed by atoms with Crippen molar-refractivity contribution in [3.8, 4) is 6.07 Å². The summed E-state index contributed by atoms with van der Waals surface area (Å²) in [5.74, 6) is 0.628. The summed E-state index contributed by atoms with van der Waals surface area (Å²) in [4.78, 5) is 0. The number of piperidine rings is 1. The Morgan fingerprint density at radius 2 is 1.64 bits per heavy atom. The third-order valence-corrected chi connectivity index (χ3v) is 7.25. The molecule has 3 aliphatic rings. The fourth-order valence-corrected chi connectivity index (χ4v) is 5.89.